The van der Waals surface area contributed by atoms with Gasteiger partial charge in [0.05, 0.1) is 5.92 Å². The minimum Gasteiger partial charge on any atom is -0.481 e. The van der Waals surface area contributed by atoms with E-state index in [1.165, 1.54) is 13.8 Å². The molecule has 0 spiro atoms. The number of halogens is 4. The molecule has 2 nitrogen and oxygen atoms in total. The Balaban J connectivity index is 2.83. The molecule has 2 atom stereocenters. The maximum absolute atomic E-state index is 12.5. The lowest BCUT2D eigenvalue weighted by atomic mass is 10.1. The maximum atomic E-state index is 12.5. The monoisotopic (exact) mass is 226 g/mol. The van der Waals surface area contributed by atoms with Crippen molar-refractivity contribution in [1.82, 2.24) is 0 Å². The SMILES string of the molecule is CC1(C)C(/C=C(/F)C(F)(F)F)C1C(=O)O. The number of carboxylic acids is 1. The van der Waals surface area contributed by atoms with E-state index in [9.17, 15) is 22.4 Å². The van der Waals surface area contributed by atoms with Crippen molar-refractivity contribution in [1.29, 1.82) is 0 Å². The predicted molar refractivity (Wildman–Crippen MR) is 43.6 cm³/mol. The van der Waals surface area contributed by atoms with E-state index in [1.54, 1.807) is 0 Å². The average molecular weight is 226 g/mol. The Morgan fingerprint density at radius 1 is 1.40 bits per heavy atom. The van der Waals surface area contributed by atoms with Gasteiger partial charge >= 0.3 is 12.1 Å². The molecular weight excluding hydrogens is 216 g/mol. The first-order chi connectivity index (χ1) is 6.58. The van der Waals surface area contributed by atoms with E-state index in [-0.39, 0.29) is 0 Å². The highest BCUT2D eigenvalue weighted by Gasteiger charge is 2.61. The highest BCUT2D eigenvalue weighted by molar-refractivity contribution is 5.76. The van der Waals surface area contributed by atoms with Crippen molar-refractivity contribution in [3.63, 3.8) is 0 Å². The van der Waals surface area contributed by atoms with E-state index in [0.29, 0.717) is 6.08 Å². The first-order valence-corrected chi connectivity index (χ1v) is 4.26. The molecule has 1 aliphatic carbocycles. The lowest BCUT2D eigenvalue weighted by molar-refractivity contribution is -0.139. The molecule has 1 saturated carbocycles. The van der Waals surface area contributed by atoms with Crippen LogP contribution in [0.1, 0.15) is 13.8 Å². The van der Waals surface area contributed by atoms with Crippen LogP contribution in [-0.2, 0) is 4.79 Å². The topological polar surface area (TPSA) is 37.3 Å². The Bertz CT molecular complexity index is 317. The van der Waals surface area contributed by atoms with Crippen molar-refractivity contribution >= 4 is 5.97 Å². The fourth-order valence-electron chi connectivity index (χ4n) is 1.71. The van der Waals surface area contributed by atoms with Crippen LogP contribution in [0.2, 0.25) is 0 Å². The van der Waals surface area contributed by atoms with Crippen molar-refractivity contribution < 1.29 is 27.5 Å². The van der Waals surface area contributed by atoms with Gasteiger partial charge in [0.25, 0.3) is 0 Å². The molecule has 1 rings (SSSR count). The zero-order valence-electron chi connectivity index (χ0n) is 8.10. The third kappa shape index (κ3) is 2.13. The molecule has 0 aromatic rings. The zero-order valence-corrected chi connectivity index (χ0v) is 8.10. The Labute approximate surface area is 83.6 Å². The second kappa shape index (κ2) is 3.21. The average Bonchev–Trinajstić information content (AvgIpc) is 2.50. The van der Waals surface area contributed by atoms with E-state index in [0.717, 1.165) is 0 Å². The molecule has 0 heterocycles. The number of aliphatic carboxylic acids is 1. The number of hydrogen-bond acceptors (Lipinski definition) is 1. The molecular formula is C9H10F4O2. The number of carbonyl (C=O) groups is 1. The van der Waals surface area contributed by atoms with Gasteiger partial charge in [0.1, 0.15) is 0 Å². The van der Waals surface area contributed by atoms with E-state index in [1.807, 2.05) is 0 Å². The lowest BCUT2D eigenvalue weighted by Gasteiger charge is -2.02. The van der Waals surface area contributed by atoms with Crippen molar-refractivity contribution in [2.24, 2.45) is 17.3 Å². The Morgan fingerprint density at radius 2 is 1.87 bits per heavy atom. The smallest absolute Gasteiger partial charge is 0.442 e. The molecule has 0 aromatic carbocycles. The quantitative estimate of drug-likeness (QED) is 0.735. The summed E-state index contributed by atoms with van der Waals surface area (Å²) in [7, 11) is 0. The second-order valence-corrected chi connectivity index (χ2v) is 4.18. The molecule has 86 valence electrons. The summed E-state index contributed by atoms with van der Waals surface area (Å²) in [6.07, 6.45) is -4.67. The number of allylic oxidation sites excluding steroid dienone is 2. The second-order valence-electron chi connectivity index (χ2n) is 4.18. The standard InChI is InChI=1S/C9H10F4O2/c1-8(2)4(6(8)7(14)15)3-5(10)9(11,12)13/h3-4,6H,1-2H3,(H,14,15)/b5-3+. The normalized spacial score (nSPS) is 30.1. The molecule has 1 fully saturated rings. The van der Waals surface area contributed by atoms with Gasteiger partial charge in [-0.1, -0.05) is 13.8 Å². The number of rotatable bonds is 2. The van der Waals surface area contributed by atoms with Gasteiger partial charge in [0, 0.05) is 0 Å². The van der Waals surface area contributed by atoms with Crippen LogP contribution in [0.4, 0.5) is 17.6 Å². The summed E-state index contributed by atoms with van der Waals surface area (Å²) in [6, 6.07) is 0. The van der Waals surface area contributed by atoms with Gasteiger partial charge < -0.3 is 5.11 Å². The largest absolute Gasteiger partial charge is 0.481 e. The van der Waals surface area contributed by atoms with E-state index in [4.69, 9.17) is 5.11 Å². The summed E-state index contributed by atoms with van der Waals surface area (Å²) in [5.41, 5.74) is -0.811. The van der Waals surface area contributed by atoms with Crippen molar-refractivity contribution in [3.05, 3.63) is 11.9 Å². The summed E-state index contributed by atoms with van der Waals surface area (Å²) in [4.78, 5) is 10.6. The van der Waals surface area contributed by atoms with Gasteiger partial charge in [-0.2, -0.15) is 13.2 Å². The molecule has 0 radical (unpaired) electrons. The minimum atomic E-state index is -5.03. The first-order valence-electron chi connectivity index (χ1n) is 4.26. The van der Waals surface area contributed by atoms with Crippen LogP contribution < -0.4 is 0 Å². The number of hydrogen-bond donors (Lipinski definition) is 1. The van der Waals surface area contributed by atoms with Crippen LogP contribution in [0.3, 0.4) is 0 Å². The Kier molecular flexibility index (Phi) is 2.57. The Hall–Kier alpha value is -1.07. The molecule has 1 N–H and O–H groups in total. The van der Waals surface area contributed by atoms with Crippen molar-refractivity contribution in [3.8, 4) is 0 Å². The summed E-state index contributed by atoms with van der Waals surface area (Å²) in [5.74, 6) is -5.25. The molecule has 0 aromatic heterocycles. The van der Waals surface area contributed by atoms with Crippen LogP contribution in [0.5, 0.6) is 0 Å². The highest BCUT2D eigenvalue weighted by Crippen LogP contribution is 2.59. The molecule has 15 heavy (non-hydrogen) atoms. The predicted octanol–water partition coefficient (Wildman–Crippen LogP) is 2.76. The molecule has 0 amide bonds. The van der Waals surface area contributed by atoms with Gasteiger partial charge in [-0.05, 0) is 17.4 Å². The molecule has 0 saturated heterocycles. The van der Waals surface area contributed by atoms with Gasteiger partial charge in [-0.15, -0.1) is 0 Å². The van der Waals surface area contributed by atoms with Gasteiger partial charge in [-0.3, -0.25) is 4.79 Å². The molecule has 2 unspecified atom stereocenters. The van der Waals surface area contributed by atoms with Crippen LogP contribution in [-0.4, -0.2) is 17.3 Å². The summed E-state index contributed by atoms with van der Waals surface area (Å²) < 4.78 is 48.0. The Morgan fingerprint density at radius 3 is 2.13 bits per heavy atom. The molecule has 0 aliphatic heterocycles. The van der Waals surface area contributed by atoms with Gasteiger partial charge in [-0.25, -0.2) is 4.39 Å². The summed E-state index contributed by atoms with van der Waals surface area (Å²) in [5, 5.41) is 8.64. The first kappa shape index (κ1) is 12.0. The fourth-order valence-corrected chi connectivity index (χ4v) is 1.71. The maximum Gasteiger partial charge on any atom is 0.442 e. The third-order valence-electron chi connectivity index (χ3n) is 2.77. The van der Waals surface area contributed by atoms with Crippen LogP contribution in [0, 0.1) is 17.3 Å². The summed E-state index contributed by atoms with van der Waals surface area (Å²) >= 11 is 0. The summed E-state index contributed by atoms with van der Waals surface area (Å²) in [6.45, 7) is 2.99. The van der Waals surface area contributed by atoms with Crippen molar-refractivity contribution in [2.75, 3.05) is 0 Å². The van der Waals surface area contributed by atoms with E-state index in [2.05, 4.69) is 0 Å². The molecule has 1 aliphatic rings. The number of alkyl halides is 3. The fraction of sp³-hybridized carbons (Fsp3) is 0.667. The molecule has 0 bridgehead atoms. The van der Waals surface area contributed by atoms with Gasteiger partial charge in [0.15, 0.2) is 5.83 Å². The van der Waals surface area contributed by atoms with E-state index < -0.39 is 35.2 Å². The zero-order chi connectivity index (χ0) is 12.0. The van der Waals surface area contributed by atoms with Crippen LogP contribution in [0.25, 0.3) is 0 Å². The minimum absolute atomic E-state index is 0.360. The van der Waals surface area contributed by atoms with Gasteiger partial charge in [0.2, 0.25) is 0 Å². The number of carboxylic acid groups (broad SMARTS) is 1. The van der Waals surface area contributed by atoms with E-state index >= 15 is 0 Å². The van der Waals surface area contributed by atoms with Crippen LogP contribution >= 0.6 is 0 Å². The third-order valence-corrected chi connectivity index (χ3v) is 2.77. The van der Waals surface area contributed by atoms with Crippen LogP contribution in [0.15, 0.2) is 11.9 Å². The molecule has 6 heteroatoms. The van der Waals surface area contributed by atoms with Crippen molar-refractivity contribution in [2.45, 2.75) is 20.0 Å². The highest BCUT2D eigenvalue weighted by atomic mass is 19.4. The lowest BCUT2D eigenvalue weighted by Crippen LogP contribution is -2.08.